The van der Waals surface area contributed by atoms with Gasteiger partial charge in [-0.15, -0.1) is 0 Å². The van der Waals surface area contributed by atoms with E-state index in [1.54, 1.807) is 12.1 Å². The number of halogens is 1. The summed E-state index contributed by atoms with van der Waals surface area (Å²) in [5.41, 5.74) is 1.94. The summed E-state index contributed by atoms with van der Waals surface area (Å²) >= 11 is 5.90. The fourth-order valence-electron chi connectivity index (χ4n) is 1.98. The fraction of sp³-hybridized carbons (Fsp3) is 0.333. The summed E-state index contributed by atoms with van der Waals surface area (Å²) in [6, 6.07) is 16.9. The minimum atomic E-state index is -1.23. The van der Waals surface area contributed by atoms with Gasteiger partial charge in [0.25, 0.3) is 0 Å². The predicted octanol–water partition coefficient (Wildman–Crippen LogP) is 4.33. The molecule has 26 heavy (non-hydrogen) atoms. The molecule has 0 spiro atoms. The lowest BCUT2D eigenvalue weighted by Crippen LogP contribution is -2.41. The van der Waals surface area contributed by atoms with Crippen molar-refractivity contribution in [3.05, 3.63) is 70.7 Å². The number of nitrogens with one attached hydrogen (secondary N) is 1. The molecule has 0 bridgehead atoms. The Labute approximate surface area is 163 Å². The molecule has 2 atom stereocenters. The van der Waals surface area contributed by atoms with Crippen LogP contribution in [0.3, 0.4) is 0 Å². The maximum atomic E-state index is 12.4. The van der Waals surface area contributed by atoms with Gasteiger partial charge in [0.15, 0.2) is 0 Å². The van der Waals surface area contributed by atoms with Crippen LogP contribution in [-0.2, 0) is 22.3 Å². The number of ether oxygens (including phenoxy) is 1. The molecule has 1 N–H and O–H groups in total. The number of rotatable bonds is 6. The minimum absolute atomic E-state index is 0.338. The molecule has 3 nitrogen and oxygen atoms in total. The SMILES string of the molecule is CC(C)(C)S(=O)NC(C#Cc1ccc(Cl)cc1)COCc1ccccc1. The third-order valence-electron chi connectivity index (χ3n) is 3.44. The molecule has 0 aliphatic rings. The summed E-state index contributed by atoms with van der Waals surface area (Å²) < 4.78 is 20.9. The number of hydrogen-bond donors (Lipinski definition) is 1. The molecule has 0 aliphatic carbocycles. The maximum Gasteiger partial charge on any atom is 0.104 e. The summed E-state index contributed by atoms with van der Waals surface area (Å²) in [6.07, 6.45) is 0. The first-order valence-electron chi connectivity index (χ1n) is 8.41. The highest BCUT2D eigenvalue weighted by atomic mass is 35.5. The zero-order valence-corrected chi connectivity index (χ0v) is 16.9. The third kappa shape index (κ3) is 7.31. The van der Waals surface area contributed by atoms with E-state index in [0.717, 1.165) is 11.1 Å². The van der Waals surface area contributed by atoms with Gasteiger partial charge in [-0.05, 0) is 50.6 Å². The Hall–Kier alpha value is -1.64. The lowest BCUT2D eigenvalue weighted by Gasteiger charge is -2.21. The van der Waals surface area contributed by atoms with Gasteiger partial charge in [0, 0.05) is 10.6 Å². The van der Waals surface area contributed by atoms with E-state index in [2.05, 4.69) is 16.6 Å². The molecule has 0 radical (unpaired) electrons. The van der Waals surface area contributed by atoms with Crippen LogP contribution in [0.1, 0.15) is 31.9 Å². The van der Waals surface area contributed by atoms with Crippen LogP contribution in [0.25, 0.3) is 0 Å². The van der Waals surface area contributed by atoms with Crippen molar-refractivity contribution in [2.24, 2.45) is 0 Å². The van der Waals surface area contributed by atoms with E-state index in [-0.39, 0.29) is 10.8 Å². The van der Waals surface area contributed by atoms with Crippen molar-refractivity contribution in [2.45, 2.75) is 38.2 Å². The van der Waals surface area contributed by atoms with Crippen LogP contribution < -0.4 is 4.72 Å². The molecular formula is C21H24ClNO2S. The van der Waals surface area contributed by atoms with Gasteiger partial charge < -0.3 is 4.74 Å². The minimum Gasteiger partial charge on any atom is -0.374 e. The summed E-state index contributed by atoms with van der Waals surface area (Å²) in [7, 11) is -1.23. The van der Waals surface area contributed by atoms with Crippen molar-refractivity contribution in [1.29, 1.82) is 0 Å². The van der Waals surface area contributed by atoms with Gasteiger partial charge in [-0.2, -0.15) is 0 Å². The average molecular weight is 390 g/mol. The molecule has 0 saturated heterocycles. The Bertz CT molecular complexity index is 774. The Morgan fingerprint density at radius 3 is 2.38 bits per heavy atom. The first kappa shape index (κ1) is 20.7. The Morgan fingerprint density at radius 1 is 1.12 bits per heavy atom. The molecule has 0 saturated carbocycles. The molecule has 138 valence electrons. The fourth-order valence-corrected chi connectivity index (χ4v) is 2.85. The molecule has 2 unspecified atom stereocenters. The van der Waals surface area contributed by atoms with Crippen molar-refractivity contribution in [1.82, 2.24) is 4.72 Å². The van der Waals surface area contributed by atoms with E-state index in [4.69, 9.17) is 16.3 Å². The molecule has 2 aromatic rings. The number of hydrogen-bond acceptors (Lipinski definition) is 2. The largest absolute Gasteiger partial charge is 0.374 e. The Morgan fingerprint density at radius 2 is 1.77 bits per heavy atom. The highest BCUT2D eigenvalue weighted by Gasteiger charge is 2.22. The zero-order valence-electron chi connectivity index (χ0n) is 15.3. The van der Waals surface area contributed by atoms with E-state index in [1.807, 2.05) is 63.2 Å². The van der Waals surface area contributed by atoms with Gasteiger partial charge in [-0.1, -0.05) is 53.8 Å². The first-order valence-corrected chi connectivity index (χ1v) is 9.94. The average Bonchev–Trinajstić information content (AvgIpc) is 2.61. The first-order chi connectivity index (χ1) is 12.3. The molecule has 0 fully saturated rings. The van der Waals surface area contributed by atoms with Gasteiger partial charge >= 0.3 is 0 Å². The maximum absolute atomic E-state index is 12.4. The molecule has 5 heteroatoms. The second kappa shape index (κ2) is 9.89. The van der Waals surface area contributed by atoms with Crippen molar-refractivity contribution >= 4 is 22.6 Å². The van der Waals surface area contributed by atoms with E-state index in [0.29, 0.717) is 18.2 Å². The quantitative estimate of drug-likeness (QED) is 0.747. The predicted molar refractivity (Wildman–Crippen MR) is 109 cm³/mol. The van der Waals surface area contributed by atoms with Crippen LogP contribution in [0.15, 0.2) is 54.6 Å². The van der Waals surface area contributed by atoms with Crippen LogP contribution in [0.5, 0.6) is 0 Å². The lowest BCUT2D eigenvalue weighted by molar-refractivity contribution is 0.115. The van der Waals surface area contributed by atoms with Crippen LogP contribution in [0.2, 0.25) is 5.02 Å². The van der Waals surface area contributed by atoms with E-state index in [9.17, 15) is 4.21 Å². The summed E-state index contributed by atoms with van der Waals surface area (Å²) in [5, 5.41) is 0.672. The van der Waals surface area contributed by atoms with E-state index < -0.39 is 11.0 Å². The highest BCUT2D eigenvalue weighted by Crippen LogP contribution is 2.11. The van der Waals surface area contributed by atoms with Gasteiger partial charge in [0.05, 0.1) is 28.9 Å². The third-order valence-corrected chi connectivity index (χ3v) is 5.30. The number of benzene rings is 2. The van der Waals surface area contributed by atoms with Crippen molar-refractivity contribution in [2.75, 3.05) is 6.61 Å². The van der Waals surface area contributed by atoms with E-state index in [1.165, 1.54) is 0 Å². The topological polar surface area (TPSA) is 38.3 Å². The smallest absolute Gasteiger partial charge is 0.104 e. The molecule has 0 heterocycles. The monoisotopic (exact) mass is 389 g/mol. The molecule has 2 rings (SSSR count). The zero-order chi connectivity index (χ0) is 19.0. The molecule has 0 amide bonds. The van der Waals surface area contributed by atoms with Crippen LogP contribution in [0.4, 0.5) is 0 Å². The Balaban J connectivity index is 2.03. The molecule has 0 aliphatic heterocycles. The van der Waals surface area contributed by atoms with Gasteiger partial charge in [0.1, 0.15) is 6.04 Å². The highest BCUT2D eigenvalue weighted by molar-refractivity contribution is 7.84. The Kier molecular flexibility index (Phi) is 7.86. The van der Waals surface area contributed by atoms with Crippen molar-refractivity contribution in [3.63, 3.8) is 0 Å². The molecule has 0 aromatic heterocycles. The normalized spacial score (nSPS) is 13.5. The second-order valence-electron chi connectivity index (χ2n) is 6.83. The van der Waals surface area contributed by atoms with Crippen molar-refractivity contribution in [3.8, 4) is 11.8 Å². The van der Waals surface area contributed by atoms with Crippen molar-refractivity contribution < 1.29 is 8.95 Å². The van der Waals surface area contributed by atoms with Gasteiger partial charge in [0.2, 0.25) is 0 Å². The van der Waals surface area contributed by atoms with Crippen LogP contribution >= 0.6 is 11.6 Å². The second-order valence-corrected chi connectivity index (χ2v) is 9.26. The molecular weight excluding hydrogens is 366 g/mol. The van der Waals surface area contributed by atoms with Gasteiger partial charge in [-0.25, -0.2) is 8.93 Å². The van der Waals surface area contributed by atoms with Gasteiger partial charge in [-0.3, -0.25) is 0 Å². The standard InChI is InChI=1S/C21H24ClNO2S/c1-21(2,3)26(24)23-20(14-11-17-9-12-19(22)13-10-17)16-25-15-18-7-5-4-6-8-18/h4-10,12-13,20,23H,15-16H2,1-3H3. The summed E-state index contributed by atoms with van der Waals surface area (Å²) in [6.45, 7) is 6.60. The summed E-state index contributed by atoms with van der Waals surface area (Å²) in [5.74, 6) is 6.21. The van der Waals surface area contributed by atoms with Crippen LogP contribution in [0, 0.1) is 11.8 Å². The summed E-state index contributed by atoms with van der Waals surface area (Å²) in [4.78, 5) is 0. The van der Waals surface area contributed by atoms with Crippen LogP contribution in [-0.4, -0.2) is 21.6 Å². The van der Waals surface area contributed by atoms with E-state index >= 15 is 0 Å². The lowest BCUT2D eigenvalue weighted by atomic mass is 10.2. The molecule has 2 aromatic carbocycles.